The molecule has 0 amide bonds. The van der Waals surface area contributed by atoms with Crippen molar-refractivity contribution in [3.63, 3.8) is 0 Å². The highest BCUT2D eigenvalue weighted by atomic mass is 16.6. The molecule has 3 heteroatoms. The monoisotopic (exact) mass is 330 g/mol. The van der Waals surface area contributed by atoms with Crippen molar-refractivity contribution < 1.29 is 14.6 Å². The van der Waals surface area contributed by atoms with E-state index < -0.39 is 6.29 Å². The molecule has 0 aromatic carbocycles. The second kappa shape index (κ2) is 7.38. The summed E-state index contributed by atoms with van der Waals surface area (Å²) in [6.07, 6.45) is 11.3. The molecule has 1 aliphatic carbocycles. The molecule has 0 radical (unpaired) electrons. The molecule has 1 N–H and O–H groups in total. The van der Waals surface area contributed by atoms with Crippen molar-refractivity contribution in [2.45, 2.75) is 77.5 Å². The summed E-state index contributed by atoms with van der Waals surface area (Å²) in [6, 6.07) is 0. The molecule has 3 nitrogen and oxygen atoms in total. The number of hydrogen-bond acceptors (Lipinski definition) is 3. The standard InChI is InChI=1S/C21H30O3/c1-13-6-5-7-17-12-18(23-16(17)4)10-14(2)11-20-19(9-8-13)15(3)21(22)24-20/h6,11-12,16,18-22H,3,5,7-10H2,1-2,4H3/b13-6+,14-11+/t16?,18?,19-,20+,21?/m1/s1. The Morgan fingerprint density at radius 1 is 1.12 bits per heavy atom. The first-order chi connectivity index (χ1) is 11.4. The largest absolute Gasteiger partial charge is 0.367 e. The van der Waals surface area contributed by atoms with E-state index >= 15 is 0 Å². The smallest absolute Gasteiger partial charge is 0.177 e. The average molecular weight is 330 g/mol. The first kappa shape index (κ1) is 17.7. The van der Waals surface area contributed by atoms with Crippen molar-refractivity contribution >= 4 is 0 Å². The quantitative estimate of drug-likeness (QED) is 0.667. The van der Waals surface area contributed by atoms with Crippen LogP contribution in [0.1, 0.15) is 52.9 Å². The maximum atomic E-state index is 10.0. The molecule has 2 heterocycles. The van der Waals surface area contributed by atoms with Gasteiger partial charge >= 0.3 is 0 Å². The van der Waals surface area contributed by atoms with Gasteiger partial charge in [0.05, 0.1) is 18.3 Å². The van der Waals surface area contributed by atoms with Crippen molar-refractivity contribution in [1.82, 2.24) is 0 Å². The molecule has 132 valence electrons. The van der Waals surface area contributed by atoms with E-state index in [0.29, 0.717) is 0 Å². The molecular formula is C21H30O3. The predicted octanol–water partition coefficient (Wildman–Crippen LogP) is 4.45. The number of aliphatic hydroxyl groups is 1. The second-order valence-corrected chi connectivity index (χ2v) is 7.54. The minimum Gasteiger partial charge on any atom is -0.367 e. The Kier molecular flexibility index (Phi) is 5.43. The first-order valence-corrected chi connectivity index (χ1v) is 9.15. The van der Waals surface area contributed by atoms with E-state index in [1.807, 2.05) is 0 Å². The van der Waals surface area contributed by atoms with Crippen LogP contribution in [-0.4, -0.2) is 29.7 Å². The van der Waals surface area contributed by atoms with Crippen LogP contribution in [-0.2, 0) is 9.47 Å². The third-order valence-corrected chi connectivity index (χ3v) is 5.52. The fraction of sp³-hybridized carbons (Fsp3) is 0.619. The Hall–Kier alpha value is -1.16. The van der Waals surface area contributed by atoms with Gasteiger partial charge in [-0.1, -0.05) is 36.0 Å². The van der Waals surface area contributed by atoms with Gasteiger partial charge in [-0.2, -0.15) is 0 Å². The summed E-state index contributed by atoms with van der Waals surface area (Å²) in [6.45, 7) is 10.5. The maximum Gasteiger partial charge on any atom is 0.177 e. The molecule has 0 aromatic heterocycles. The third-order valence-electron chi connectivity index (χ3n) is 5.52. The summed E-state index contributed by atoms with van der Waals surface area (Å²) >= 11 is 0. The molecule has 24 heavy (non-hydrogen) atoms. The topological polar surface area (TPSA) is 38.7 Å². The Morgan fingerprint density at radius 2 is 1.92 bits per heavy atom. The fourth-order valence-corrected chi connectivity index (χ4v) is 4.02. The van der Waals surface area contributed by atoms with Crippen LogP contribution in [0.2, 0.25) is 0 Å². The molecule has 2 bridgehead atoms. The predicted molar refractivity (Wildman–Crippen MR) is 96.5 cm³/mol. The van der Waals surface area contributed by atoms with Crippen LogP contribution in [0.5, 0.6) is 0 Å². The average Bonchev–Trinajstić information content (AvgIpc) is 2.97. The van der Waals surface area contributed by atoms with Crippen molar-refractivity contribution in [2.24, 2.45) is 5.92 Å². The van der Waals surface area contributed by atoms with Crippen LogP contribution in [0.4, 0.5) is 0 Å². The normalized spacial score (nSPS) is 42.4. The third kappa shape index (κ3) is 3.90. The van der Waals surface area contributed by atoms with E-state index in [1.54, 1.807) is 0 Å². The van der Waals surface area contributed by atoms with Gasteiger partial charge in [-0.15, -0.1) is 0 Å². The highest BCUT2D eigenvalue weighted by Gasteiger charge is 2.36. The van der Waals surface area contributed by atoms with Gasteiger partial charge in [0, 0.05) is 5.92 Å². The molecular weight excluding hydrogens is 300 g/mol. The number of allylic oxidation sites excluding steroid dienone is 2. The van der Waals surface area contributed by atoms with Crippen molar-refractivity contribution in [2.75, 3.05) is 0 Å². The summed E-state index contributed by atoms with van der Waals surface area (Å²) in [5.41, 5.74) is 4.90. The zero-order valence-electron chi connectivity index (χ0n) is 15.1. The Morgan fingerprint density at radius 3 is 2.71 bits per heavy atom. The van der Waals surface area contributed by atoms with Gasteiger partial charge in [0.2, 0.25) is 0 Å². The molecule has 1 fully saturated rings. The number of rotatable bonds is 0. The van der Waals surface area contributed by atoms with E-state index in [0.717, 1.165) is 37.7 Å². The maximum absolute atomic E-state index is 10.0. The van der Waals surface area contributed by atoms with Crippen LogP contribution >= 0.6 is 0 Å². The van der Waals surface area contributed by atoms with Crippen molar-refractivity contribution in [1.29, 1.82) is 0 Å². The van der Waals surface area contributed by atoms with Crippen LogP contribution in [0.15, 0.2) is 47.1 Å². The number of ether oxygens (including phenoxy) is 2. The highest BCUT2D eigenvalue weighted by molar-refractivity contribution is 5.22. The van der Waals surface area contributed by atoms with Gasteiger partial charge in [0.15, 0.2) is 6.29 Å². The lowest BCUT2D eigenvalue weighted by Crippen LogP contribution is -2.16. The van der Waals surface area contributed by atoms with E-state index in [-0.39, 0.29) is 24.2 Å². The molecule has 0 aromatic rings. The number of aliphatic hydroxyl groups excluding tert-OH is 1. The first-order valence-electron chi connectivity index (χ1n) is 9.15. The highest BCUT2D eigenvalue weighted by Crippen LogP contribution is 2.36. The van der Waals surface area contributed by atoms with Crippen LogP contribution in [0.3, 0.4) is 0 Å². The molecule has 3 aliphatic rings. The van der Waals surface area contributed by atoms with Gasteiger partial charge in [-0.25, -0.2) is 0 Å². The van der Waals surface area contributed by atoms with E-state index in [1.165, 1.54) is 16.7 Å². The second-order valence-electron chi connectivity index (χ2n) is 7.54. The van der Waals surface area contributed by atoms with Crippen molar-refractivity contribution in [3.05, 3.63) is 47.1 Å². The lowest BCUT2D eigenvalue weighted by Gasteiger charge is -2.18. The number of fused-ring (bicyclic) bond motifs is 2. The van der Waals surface area contributed by atoms with Gasteiger partial charge in [-0.05, 0) is 64.0 Å². The lowest BCUT2D eigenvalue weighted by atomic mass is 9.88. The van der Waals surface area contributed by atoms with E-state index in [2.05, 4.69) is 45.6 Å². The molecule has 2 aliphatic heterocycles. The molecule has 5 atom stereocenters. The zero-order chi connectivity index (χ0) is 17.3. The summed E-state index contributed by atoms with van der Waals surface area (Å²) < 4.78 is 11.8. The van der Waals surface area contributed by atoms with Gasteiger partial charge < -0.3 is 14.6 Å². The van der Waals surface area contributed by atoms with Crippen LogP contribution in [0, 0.1) is 5.92 Å². The van der Waals surface area contributed by atoms with E-state index in [4.69, 9.17) is 9.47 Å². The fourth-order valence-electron chi connectivity index (χ4n) is 4.02. The molecule has 0 saturated carbocycles. The Labute approximate surface area is 145 Å². The molecule has 0 spiro atoms. The summed E-state index contributed by atoms with van der Waals surface area (Å²) in [7, 11) is 0. The zero-order valence-corrected chi connectivity index (χ0v) is 15.1. The summed E-state index contributed by atoms with van der Waals surface area (Å²) in [5, 5.41) is 10.0. The van der Waals surface area contributed by atoms with E-state index in [9.17, 15) is 5.11 Å². The summed E-state index contributed by atoms with van der Waals surface area (Å²) in [5.74, 6) is 0.191. The summed E-state index contributed by atoms with van der Waals surface area (Å²) in [4.78, 5) is 0. The SMILES string of the molecule is C=C1C(O)O[C@H]2/C=C(\C)CC3C=C(CC/C=C(\C)CC[C@H]12)C(C)O3. The number of hydrogen-bond donors (Lipinski definition) is 1. The van der Waals surface area contributed by atoms with Gasteiger partial charge in [0.25, 0.3) is 0 Å². The van der Waals surface area contributed by atoms with Gasteiger partial charge in [-0.3, -0.25) is 0 Å². The Bertz CT molecular complexity index is 584. The van der Waals surface area contributed by atoms with Crippen LogP contribution < -0.4 is 0 Å². The lowest BCUT2D eigenvalue weighted by molar-refractivity contribution is -0.0650. The van der Waals surface area contributed by atoms with Gasteiger partial charge in [0.1, 0.15) is 0 Å². The molecule has 3 unspecified atom stereocenters. The van der Waals surface area contributed by atoms with Crippen LogP contribution in [0.25, 0.3) is 0 Å². The molecule has 3 rings (SSSR count). The molecule has 1 saturated heterocycles. The minimum atomic E-state index is -0.835. The van der Waals surface area contributed by atoms with Crippen molar-refractivity contribution in [3.8, 4) is 0 Å². The Balaban J connectivity index is 1.84. The minimum absolute atomic E-state index is 0.0782.